The first-order chi connectivity index (χ1) is 12.0. The smallest absolute Gasteiger partial charge is 0.302 e. The molecule has 2 fully saturated rings. The normalized spacial score (nSPS) is 36.6. The van der Waals surface area contributed by atoms with Crippen LogP contribution < -0.4 is 4.74 Å². The number of ether oxygens (including phenoxy) is 2. The monoisotopic (exact) mass is 342 g/mol. The molecule has 0 spiro atoms. The lowest BCUT2D eigenvalue weighted by atomic mass is 9.49. The molecule has 3 aliphatic rings. The van der Waals surface area contributed by atoms with E-state index >= 15 is 0 Å². The van der Waals surface area contributed by atoms with Crippen molar-refractivity contribution in [2.75, 3.05) is 7.11 Å². The number of carbonyl (C=O) groups is 1. The van der Waals surface area contributed by atoms with Crippen LogP contribution in [-0.2, 0) is 16.0 Å². The predicted octanol–water partition coefficient (Wildman–Crippen LogP) is 4.87. The summed E-state index contributed by atoms with van der Waals surface area (Å²) in [4.78, 5) is 11.3. The van der Waals surface area contributed by atoms with Crippen LogP contribution in [0.3, 0.4) is 0 Å². The van der Waals surface area contributed by atoms with Gasteiger partial charge in [0.05, 0.1) is 7.11 Å². The van der Waals surface area contributed by atoms with Crippen molar-refractivity contribution in [1.29, 1.82) is 0 Å². The van der Waals surface area contributed by atoms with Crippen LogP contribution in [-0.4, -0.2) is 19.2 Å². The highest BCUT2D eigenvalue weighted by Gasteiger charge is 2.52. The molecule has 0 unspecified atom stereocenters. The van der Waals surface area contributed by atoms with Crippen LogP contribution in [0.15, 0.2) is 18.2 Å². The average molecular weight is 342 g/mol. The second kappa shape index (κ2) is 6.34. The van der Waals surface area contributed by atoms with Crippen LogP contribution >= 0.6 is 0 Å². The summed E-state index contributed by atoms with van der Waals surface area (Å²) < 4.78 is 11.2. The van der Waals surface area contributed by atoms with Gasteiger partial charge in [0.25, 0.3) is 0 Å². The number of rotatable bonds is 2. The Morgan fingerprint density at radius 3 is 2.80 bits per heavy atom. The van der Waals surface area contributed by atoms with Crippen LogP contribution in [0.5, 0.6) is 5.75 Å². The van der Waals surface area contributed by atoms with Crippen LogP contribution in [0.1, 0.15) is 69.4 Å². The van der Waals surface area contributed by atoms with Gasteiger partial charge in [-0.05, 0) is 85.3 Å². The van der Waals surface area contributed by atoms with E-state index in [1.807, 2.05) is 0 Å². The summed E-state index contributed by atoms with van der Waals surface area (Å²) in [7, 11) is 1.79. The van der Waals surface area contributed by atoms with Gasteiger partial charge in [0, 0.05) is 6.92 Å². The van der Waals surface area contributed by atoms with Crippen molar-refractivity contribution in [3.05, 3.63) is 29.3 Å². The molecule has 0 N–H and O–H groups in total. The number of hydrogen-bond donors (Lipinski definition) is 0. The summed E-state index contributed by atoms with van der Waals surface area (Å²) in [6, 6.07) is 6.60. The van der Waals surface area contributed by atoms with E-state index < -0.39 is 0 Å². The summed E-state index contributed by atoms with van der Waals surface area (Å²) in [5.41, 5.74) is 3.37. The Bertz CT molecular complexity index is 667. The Kier molecular flexibility index (Phi) is 4.29. The minimum Gasteiger partial charge on any atom is -0.496 e. The summed E-state index contributed by atoms with van der Waals surface area (Å²) in [5.74, 6) is 3.07. The fourth-order valence-corrected chi connectivity index (χ4v) is 6.29. The Balaban J connectivity index is 1.60. The summed E-state index contributed by atoms with van der Waals surface area (Å²) in [6.45, 7) is 4.06. The first kappa shape index (κ1) is 16.9. The summed E-state index contributed by atoms with van der Waals surface area (Å²) in [5, 5.41) is 0. The Labute approximate surface area is 151 Å². The number of fused-ring (bicyclic) bond motifs is 5. The van der Waals surface area contributed by atoms with E-state index in [0.29, 0.717) is 17.3 Å². The van der Waals surface area contributed by atoms with E-state index in [-0.39, 0.29) is 12.1 Å². The van der Waals surface area contributed by atoms with E-state index in [4.69, 9.17) is 9.47 Å². The van der Waals surface area contributed by atoms with Crippen molar-refractivity contribution in [1.82, 2.24) is 0 Å². The maximum Gasteiger partial charge on any atom is 0.302 e. The van der Waals surface area contributed by atoms with Crippen LogP contribution in [0.25, 0.3) is 0 Å². The lowest BCUT2D eigenvalue weighted by Gasteiger charge is -2.56. The molecule has 0 saturated heterocycles. The maximum absolute atomic E-state index is 11.3. The molecule has 0 radical (unpaired) electrons. The van der Waals surface area contributed by atoms with Crippen molar-refractivity contribution in [3.8, 4) is 5.75 Å². The molecule has 3 aliphatic carbocycles. The lowest BCUT2D eigenvalue weighted by molar-refractivity contribution is -0.153. The summed E-state index contributed by atoms with van der Waals surface area (Å²) in [6.07, 6.45) is 8.34. The zero-order valence-electron chi connectivity index (χ0n) is 15.7. The highest BCUT2D eigenvalue weighted by Crippen LogP contribution is 2.61. The van der Waals surface area contributed by atoms with Gasteiger partial charge in [-0.15, -0.1) is 0 Å². The number of carbonyl (C=O) groups excluding carboxylic acids is 1. The molecule has 0 aliphatic heterocycles. The Morgan fingerprint density at radius 1 is 1.20 bits per heavy atom. The van der Waals surface area contributed by atoms with Crippen LogP contribution in [0, 0.1) is 17.3 Å². The fraction of sp³-hybridized carbons (Fsp3) is 0.682. The minimum atomic E-state index is -0.124. The highest BCUT2D eigenvalue weighted by atomic mass is 16.5. The van der Waals surface area contributed by atoms with Gasteiger partial charge in [0.2, 0.25) is 0 Å². The number of hydrogen-bond acceptors (Lipinski definition) is 3. The molecule has 1 aromatic carbocycles. The zero-order chi connectivity index (χ0) is 17.6. The van der Waals surface area contributed by atoms with Gasteiger partial charge in [-0.1, -0.05) is 19.1 Å². The quantitative estimate of drug-likeness (QED) is 0.719. The predicted molar refractivity (Wildman–Crippen MR) is 97.8 cm³/mol. The third-order valence-electron chi connectivity index (χ3n) is 7.47. The highest BCUT2D eigenvalue weighted by molar-refractivity contribution is 5.66. The molecule has 3 heteroatoms. The molecule has 25 heavy (non-hydrogen) atoms. The number of methoxy groups -OCH3 is 1. The largest absolute Gasteiger partial charge is 0.496 e. The van der Waals surface area contributed by atoms with Crippen LogP contribution in [0.2, 0.25) is 0 Å². The van der Waals surface area contributed by atoms with Crippen molar-refractivity contribution in [3.63, 3.8) is 0 Å². The van der Waals surface area contributed by atoms with Crippen molar-refractivity contribution < 1.29 is 14.3 Å². The van der Waals surface area contributed by atoms with Gasteiger partial charge in [0.1, 0.15) is 11.9 Å². The average Bonchev–Trinajstić information content (AvgIpc) is 2.60. The number of benzene rings is 1. The van der Waals surface area contributed by atoms with Gasteiger partial charge in [0.15, 0.2) is 0 Å². The SMILES string of the molecule is COc1cccc2c1CC[C@@H]1[C@@H]2CC[C@@H]2C[C@H](OC(C)=O)CC[C@]21C. The molecule has 2 saturated carbocycles. The van der Waals surface area contributed by atoms with E-state index in [9.17, 15) is 4.79 Å². The van der Waals surface area contributed by atoms with E-state index in [0.717, 1.165) is 30.9 Å². The van der Waals surface area contributed by atoms with Gasteiger partial charge >= 0.3 is 5.97 Å². The van der Waals surface area contributed by atoms with Gasteiger partial charge in [-0.25, -0.2) is 0 Å². The molecule has 1 aromatic rings. The summed E-state index contributed by atoms with van der Waals surface area (Å²) >= 11 is 0. The molecule has 136 valence electrons. The molecule has 4 rings (SSSR count). The van der Waals surface area contributed by atoms with Crippen LogP contribution in [0.4, 0.5) is 0 Å². The van der Waals surface area contributed by atoms with Crippen molar-refractivity contribution >= 4 is 5.97 Å². The fourth-order valence-electron chi connectivity index (χ4n) is 6.29. The first-order valence-corrected chi connectivity index (χ1v) is 9.86. The molecule has 0 aromatic heterocycles. The molecule has 0 heterocycles. The first-order valence-electron chi connectivity index (χ1n) is 9.86. The van der Waals surface area contributed by atoms with Crippen molar-refractivity contribution in [2.24, 2.45) is 17.3 Å². The topological polar surface area (TPSA) is 35.5 Å². The molecule has 5 atom stereocenters. The van der Waals surface area contributed by atoms with Gasteiger partial charge in [-0.3, -0.25) is 4.79 Å². The maximum atomic E-state index is 11.3. The molecule has 3 nitrogen and oxygen atoms in total. The van der Waals surface area contributed by atoms with E-state index in [1.54, 1.807) is 7.11 Å². The molecular weight excluding hydrogens is 312 g/mol. The molecular formula is C22H30O3. The Morgan fingerprint density at radius 2 is 2.04 bits per heavy atom. The number of esters is 1. The standard InChI is InChI=1S/C22H30O3/c1-14(23)25-16-11-12-22(2)15(13-16)7-8-18-17-5-4-6-21(24-3)19(17)9-10-20(18)22/h4-6,15-16,18,20H,7-13H2,1-3H3/t15-,16-,18-,20-,22-/m1/s1. The van der Waals surface area contributed by atoms with E-state index in [1.165, 1.54) is 43.7 Å². The lowest BCUT2D eigenvalue weighted by Crippen LogP contribution is -2.49. The van der Waals surface area contributed by atoms with E-state index in [2.05, 4.69) is 25.1 Å². The Hall–Kier alpha value is -1.51. The second-order valence-electron chi connectivity index (χ2n) is 8.57. The molecule has 0 amide bonds. The molecule has 0 bridgehead atoms. The second-order valence-corrected chi connectivity index (χ2v) is 8.57. The van der Waals surface area contributed by atoms with Gasteiger partial charge < -0.3 is 9.47 Å². The zero-order valence-corrected chi connectivity index (χ0v) is 15.7. The van der Waals surface area contributed by atoms with Gasteiger partial charge in [-0.2, -0.15) is 0 Å². The third-order valence-corrected chi connectivity index (χ3v) is 7.47. The van der Waals surface area contributed by atoms with Crippen molar-refractivity contribution in [2.45, 2.75) is 70.8 Å². The third kappa shape index (κ3) is 2.76. The minimum absolute atomic E-state index is 0.124.